The Morgan fingerprint density at radius 2 is 2.20 bits per heavy atom. The molecule has 0 spiro atoms. The van der Waals surface area contributed by atoms with Crippen molar-refractivity contribution in [1.29, 1.82) is 0 Å². The summed E-state index contributed by atoms with van der Waals surface area (Å²) in [6.07, 6.45) is 0. The summed E-state index contributed by atoms with van der Waals surface area (Å²) in [4.78, 5) is 11.3. The molecule has 0 atom stereocenters. The van der Waals surface area contributed by atoms with Gasteiger partial charge >= 0.3 is 5.63 Å². The molecule has 78 valence electrons. The largest absolute Gasteiger partial charge is 0.494 e. The average Bonchev–Trinajstić information content (AvgIpc) is 2.22. The van der Waals surface area contributed by atoms with Gasteiger partial charge < -0.3 is 14.9 Å². The van der Waals surface area contributed by atoms with Crippen molar-refractivity contribution in [2.75, 3.05) is 12.8 Å². The topological polar surface area (TPSA) is 65.5 Å². The highest BCUT2D eigenvalue weighted by molar-refractivity contribution is 6.35. The Kier molecular flexibility index (Phi) is 2.28. The van der Waals surface area contributed by atoms with Gasteiger partial charge in [-0.3, -0.25) is 0 Å². The van der Waals surface area contributed by atoms with Crippen LogP contribution >= 0.6 is 11.6 Å². The molecule has 0 aliphatic rings. The summed E-state index contributed by atoms with van der Waals surface area (Å²) in [5, 5.41) is 0.935. The minimum Gasteiger partial charge on any atom is -0.494 e. The van der Waals surface area contributed by atoms with Crippen LogP contribution in [0.2, 0.25) is 5.02 Å². The zero-order chi connectivity index (χ0) is 11.0. The third-order valence-corrected chi connectivity index (χ3v) is 2.37. The van der Waals surface area contributed by atoms with Gasteiger partial charge in [-0.2, -0.15) is 0 Å². The van der Waals surface area contributed by atoms with Crippen molar-refractivity contribution >= 4 is 28.3 Å². The number of halogens is 1. The van der Waals surface area contributed by atoms with E-state index in [1.165, 1.54) is 7.11 Å². The van der Waals surface area contributed by atoms with Crippen LogP contribution in [0.15, 0.2) is 27.4 Å². The monoisotopic (exact) mass is 225 g/mol. The molecule has 4 nitrogen and oxygen atoms in total. The second kappa shape index (κ2) is 3.47. The van der Waals surface area contributed by atoms with E-state index < -0.39 is 5.63 Å². The Hall–Kier alpha value is -1.68. The van der Waals surface area contributed by atoms with E-state index in [1.807, 2.05) is 0 Å². The summed E-state index contributed by atoms with van der Waals surface area (Å²) in [7, 11) is 1.44. The lowest BCUT2D eigenvalue weighted by Crippen LogP contribution is -2.08. The highest BCUT2D eigenvalue weighted by Gasteiger charge is 2.13. The summed E-state index contributed by atoms with van der Waals surface area (Å²) in [5.74, 6) is 0.295. The highest BCUT2D eigenvalue weighted by Crippen LogP contribution is 2.32. The number of nitrogens with two attached hydrogens (primary N) is 1. The molecule has 15 heavy (non-hydrogen) atoms. The lowest BCUT2D eigenvalue weighted by molar-refractivity contribution is 0.416. The standard InChI is InChI=1S/C10H8ClNO3/c1-14-9-5-3-2-4-6(11)8(5)15-10(13)7(9)12/h2-4H,12H2,1H3. The van der Waals surface area contributed by atoms with E-state index in [4.69, 9.17) is 26.5 Å². The maximum atomic E-state index is 11.3. The Balaban J connectivity index is 3.01. The molecule has 0 aliphatic heterocycles. The number of hydrogen-bond acceptors (Lipinski definition) is 4. The van der Waals surface area contributed by atoms with Crippen molar-refractivity contribution in [3.8, 4) is 5.75 Å². The van der Waals surface area contributed by atoms with Gasteiger partial charge in [-0.05, 0) is 12.1 Å². The Morgan fingerprint density at radius 3 is 2.87 bits per heavy atom. The zero-order valence-electron chi connectivity index (χ0n) is 7.91. The van der Waals surface area contributed by atoms with Gasteiger partial charge in [-0.15, -0.1) is 0 Å². The Morgan fingerprint density at radius 1 is 1.47 bits per heavy atom. The molecule has 0 aliphatic carbocycles. The summed E-state index contributed by atoms with van der Waals surface area (Å²) in [6.45, 7) is 0. The molecular formula is C10H8ClNO3. The molecule has 0 saturated carbocycles. The van der Waals surface area contributed by atoms with Gasteiger partial charge in [0.05, 0.1) is 17.5 Å². The second-order valence-electron chi connectivity index (χ2n) is 2.95. The number of ether oxygens (including phenoxy) is 1. The third-order valence-electron chi connectivity index (χ3n) is 2.08. The van der Waals surface area contributed by atoms with Crippen LogP contribution in [0.1, 0.15) is 0 Å². The molecular weight excluding hydrogens is 218 g/mol. The quantitative estimate of drug-likeness (QED) is 0.755. The van der Waals surface area contributed by atoms with Crippen molar-refractivity contribution in [2.45, 2.75) is 0 Å². The van der Waals surface area contributed by atoms with Gasteiger partial charge in [0.1, 0.15) is 0 Å². The predicted octanol–water partition coefficient (Wildman–Crippen LogP) is 2.04. The van der Waals surface area contributed by atoms with Crippen LogP contribution in [0.3, 0.4) is 0 Å². The van der Waals surface area contributed by atoms with E-state index in [0.717, 1.165) is 0 Å². The molecule has 2 rings (SSSR count). The van der Waals surface area contributed by atoms with Crippen LogP contribution in [0.25, 0.3) is 11.0 Å². The molecule has 1 aromatic heterocycles. The van der Waals surface area contributed by atoms with E-state index in [-0.39, 0.29) is 11.3 Å². The van der Waals surface area contributed by atoms with E-state index in [0.29, 0.717) is 16.2 Å². The molecule has 0 fully saturated rings. The molecule has 0 saturated heterocycles. The average molecular weight is 226 g/mol. The molecule has 2 N–H and O–H groups in total. The number of anilines is 1. The Bertz CT molecular complexity index is 577. The van der Waals surface area contributed by atoms with Crippen molar-refractivity contribution < 1.29 is 9.15 Å². The number of fused-ring (bicyclic) bond motifs is 1. The van der Waals surface area contributed by atoms with Gasteiger partial charge in [-0.25, -0.2) is 4.79 Å². The van der Waals surface area contributed by atoms with Crippen LogP contribution in [0.5, 0.6) is 5.75 Å². The van der Waals surface area contributed by atoms with Crippen LogP contribution < -0.4 is 16.1 Å². The minimum absolute atomic E-state index is 0.0488. The maximum absolute atomic E-state index is 11.3. The number of para-hydroxylation sites is 1. The normalized spacial score (nSPS) is 10.5. The first kappa shape index (κ1) is 9.86. The fraction of sp³-hybridized carbons (Fsp3) is 0.100. The van der Waals surface area contributed by atoms with E-state index in [2.05, 4.69) is 0 Å². The highest BCUT2D eigenvalue weighted by atomic mass is 35.5. The zero-order valence-corrected chi connectivity index (χ0v) is 8.67. The Labute approximate surface area is 90.2 Å². The van der Waals surface area contributed by atoms with Crippen molar-refractivity contribution in [1.82, 2.24) is 0 Å². The number of methoxy groups -OCH3 is 1. The smallest absolute Gasteiger partial charge is 0.363 e. The molecule has 0 unspecified atom stereocenters. The number of hydrogen-bond donors (Lipinski definition) is 1. The van der Waals surface area contributed by atoms with Crippen LogP contribution in [-0.2, 0) is 0 Å². The summed E-state index contributed by atoms with van der Waals surface area (Å²) >= 11 is 5.88. The lowest BCUT2D eigenvalue weighted by Gasteiger charge is -2.07. The summed E-state index contributed by atoms with van der Waals surface area (Å²) < 4.78 is 10.0. The van der Waals surface area contributed by atoms with E-state index >= 15 is 0 Å². The van der Waals surface area contributed by atoms with Gasteiger partial charge in [0, 0.05) is 0 Å². The van der Waals surface area contributed by atoms with Crippen LogP contribution in [-0.4, -0.2) is 7.11 Å². The molecule has 1 heterocycles. The molecule has 1 aromatic carbocycles. The molecule has 0 bridgehead atoms. The SMILES string of the molecule is COc1c(N)c(=O)oc2c(Cl)cccc12. The van der Waals surface area contributed by atoms with Crippen LogP contribution in [0, 0.1) is 0 Å². The first-order chi connectivity index (χ1) is 7.15. The number of benzene rings is 1. The minimum atomic E-state index is -0.646. The fourth-order valence-corrected chi connectivity index (χ4v) is 1.61. The summed E-state index contributed by atoms with van der Waals surface area (Å²) in [6, 6.07) is 5.08. The fourth-order valence-electron chi connectivity index (χ4n) is 1.40. The van der Waals surface area contributed by atoms with Crippen molar-refractivity contribution in [3.05, 3.63) is 33.6 Å². The van der Waals surface area contributed by atoms with E-state index in [9.17, 15) is 4.79 Å². The van der Waals surface area contributed by atoms with Gasteiger partial charge in [-0.1, -0.05) is 17.7 Å². The first-order valence-corrected chi connectivity index (χ1v) is 4.57. The van der Waals surface area contributed by atoms with Gasteiger partial charge in [0.2, 0.25) is 0 Å². The predicted molar refractivity (Wildman–Crippen MR) is 58.5 cm³/mol. The maximum Gasteiger partial charge on any atom is 0.363 e. The molecule has 5 heteroatoms. The molecule has 0 radical (unpaired) electrons. The van der Waals surface area contributed by atoms with Gasteiger partial charge in [0.15, 0.2) is 17.0 Å². The van der Waals surface area contributed by atoms with Crippen molar-refractivity contribution in [3.63, 3.8) is 0 Å². The third kappa shape index (κ3) is 1.43. The van der Waals surface area contributed by atoms with Crippen LogP contribution in [0.4, 0.5) is 5.69 Å². The lowest BCUT2D eigenvalue weighted by atomic mass is 10.2. The number of nitrogen functional groups attached to an aromatic ring is 1. The second-order valence-corrected chi connectivity index (χ2v) is 3.36. The van der Waals surface area contributed by atoms with E-state index in [1.54, 1.807) is 18.2 Å². The van der Waals surface area contributed by atoms with Crippen molar-refractivity contribution in [2.24, 2.45) is 0 Å². The molecule has 0 amide bonds. The molecule has 2 aromatic rings. The number of rotatable bonds is 1. The first-order valence-electron chi connectivity index (χ1n) is 4.20. The van der Waals surface area contributed by atoms with Gasteiger partial charge in [0.25, 0.3) is 0 Å². The summed E-state index contributed by atoms with van der Waals surface area (Å²) in [5.41, 5.74) is 5.13.